The fourth-order valence-electron chi connectivity index (χ4n) is 2.97. The van der Waals surface area contributed by atoms with Gasteiger partial charge in [-0.25, -0.2) is 0 Å². The molecule has 0 aliphatic carbocycles. The molecule has 3 nitrogen and oxygen atoms in total. The first kappa shape index (κ1) is 13.7. The normalized spacial score (nSPS) is 13.2. The third-order valence-corrected chi connectivity index (χ3v) is 4.09. The van der Waals surface area contributed by atoms with Gasteiger partial charge < -0.3 is 10.6 Å². The van der Waals surface area contributed by atoms with E-state index in [1.807, 2.05) is 18.2 Å². The zero-order valence-electron chi connectivity index (χ0n) is 12.1. The Morgan fingerprint density at radius 3 is 2.71 bits per heavy atom. The largest absolute Gasteiger partial charge is 0.371 e. The lowest BCUT2D eigenvalue weighted by Crippen LogP contribution is -2.22. The van der Waals surface area contributed by atoms with Crippen LogP contribution in [-0.4, -0.2) is 19.0 Å². The minimum absolute atomic E-state index is 0.347. The average Bonchev–Trinajstić information content (AvgIpc) is 2.91. The SMILES string of the molecule is NC(=O)c1ccc2c(c1)CCN2CCCc1ccccc1. The molecule has 0 saturated carbocycles. The minimum atomic E-state index is -0.347. The molecule has 1 heterocycles. The summed E-state index contributed by atoms with van der Waals surface area (Å²) in [6.45, 7) is 2.09. The molecule has 1 aliphatic rings. The van der Waals surface area contributed by atoms with Crippen LogP contribution in [0.2, 0.25) is 0 Å². The predicted octanol–water partition coefficient (Wildman–Crippen LogP) is 2.78. The van der Waals surface area contributed by atoms with Gasteiger partial charge in [-0.05, 0) is 48.6 Å². The number of primary amides is 1. The van der Waals surface area contributed by atoms with Crippen LogP contribution < -0.4 is 10.6 Å². The van der Waals surface area contributed by atoms with Gasteiger partial charge in [0.25, 0.3) is 0 Å². The first-order valence-electron chi connectivity index (χ1n) is 7.45. The third-order valence-electron chi connectivity index (χ3n) is 4.09. The fourth-order valence-corrected chi connectivity index (χ4v) is 2.97. The van der Waals surface area contributed by atoms with Crippen LogP contribution >= 0.6 is 0 Å². The number of amides is 1. The smallest absolute Gasteiger partial charge is 0.248 e. The minimum Gasteiger partial charge on any atom is -0.371 e. The topological polar surface area (TPSA) is 46.3 Å². The summed E-state index contributed by atoms with van der Waals surface area (Å²) >= 11 is 0. The summed E-state index contributed by atoms with van der Waals surface area (Å²) < 4.78 is 0. The van der Waals surface area contributed by atoms with E-state index in [0.717, 1.165) is 32.4 Å². The van der Waals surface area contributed by atoms with Crippen molar-refractivity contribution in [1.82, 2.24) is 0 Å². The Morgan fingerprint density at radius 1 is 1.14 bits per heavy atom. The van der Waals surface area contributed by atoms with Crippen molar-refractivity contribution in [3.05, 3.63) is 65.2 Å². The van der Waals surface area contributed by atoms with Crippen molar-refractivity contribution in [3.63, 3.8) is 0 Å². The van der Waals surface area contributed by atoms with Gasteiger partial charge in [0.1, 0.15) is 0 Å². The lowest BCUT2D eigenvalue weighted by atomic mass is 10.1. The molecular formula is C18H20N2O. The van der Waals surface area contributed by atoms with E-state index in [9.17, 15) is 4.79 Å². The van der Waals surface area contributed by atoms with Crippen molar-refractivity contribution in [2.45, 2.75) is 19.3 Å². The molecule has 1 aliphatic heterocycles. The van der Waals surface area contributed by atoms with Crippen molar-refractivity contribution in [3.8, 4) is 0 Å². The number of fused-ring (bicyclic) bond motifs is 1. The molecular weight excluding hydrogens is 260 g/mol. The van der Waals surface area contributed by atoms with E-state index < -0.39 is 0 Å². The second-order valence-corrected chi connectivity index (χ2v) is 5.53. The molecule has 0 spiro atoms. The molecule has 108 valence electrons. The Labute approximate surface area is 125 Å². The molecule has 0 fully saturated rings. The second-order valence-electron chi connectivity index (χ2n) is 5.53. The van der Waals surface area contributed by atoms with E-state index in [0.29, 0.717) is 5.56 Å². The summed E-state index contributed by atoms with van der Waals surface area (Å²) in [4.78, 5) is 13.6. The van der Waals surface area contributed by atoms with Crippen LogP contribution in [0.4, 0.5) is 5.69 Å². The number of carbonyl (C=O) groups is 1. The van der Waals surface area contributed by atoms with Gasteiger partial charge in [-0.2, -0.15) is 0 Å². The summed E-state index contributed by atoms with van der Waals surface area (Å²) in [5, 5.41) is 0. The number of aryl methyl sites for hydroxylation is 1. The molecule has 3 rings (SSSR count). The van der Waals surface area contributed by atoms with E-state index in [2.05, 4.69) is 35.2 Å². The zero-order chi connectivity index (χ0) is 14.7. The molecule has 0 saturated heterocycles. The Morgan fingerprint density at radius 2 is 1.95 bits per heavy atom. The molecule has 1 amide bonds. The van der Waals surface area contributed by atoms with Crippen molar-refractivity contribution < 1.29 is 4.79 Å². The van der Waals surface area contributed by atoms with Gasteiger partial charge >= 0.3 is 0 Å². The highest BCUT2D eigenvalue weighted by molar-refractivity contribution is 5.93. The first-order valence-corrected chi connectivity index (χ1v) is 7.45. The summed E-state index contributed by atoms with van der Waals surface area (Å²) in [5.74, 6) is -0.347. The number of hydrogen-bond acceptors (Lipinski definition) is 2. The quantitative estimate of drug-likeness (QED) is 0.915. The van der Waals surface area contributed by atoms with E-state index in [1.54, 1.807) is 0 Å². The number of hydrogen-bond donors (Lipinski definition) is 1. The van der Waals surface area contributed by atoms with Gasteiger partial charge in [0.15, 0.2) is 0 Å². The van der Waals surface area contributed by atoms with Gasteiger partial charge in [-0.1, -0.05) is 30.3 Å². The van der Waals surface area contributed by atoms with Crippen LogP contribution in [0.15, 0.2) is 48.5 Å². The summed E-state index contributed by atoms with van der Waals surface area (Å²) in [5.41, 5.74) is 9.83. The van der Waals surface area contributed by atoms with Gasteiger partial charge in [0.2, 0.25) is 5.91 Å². The Balaban J connectivity index is 1.61. The standard InChI is InChI=1S/C18H20N2O/c19-18(21)16-8-9-17-15(13-16)10-12-20(17)11-4-7-14-5-2-1-3-6-14/h1-3,5-6,8-9,13H,4,7,10-12H2,(H2,19,21). The van der Waals surface area contributed by atoms with E-state index in [-0.39, 0.29) is 5.91 Å². The zero-order valence-corrected chi connectivity index (χ0v) is 12.1. The Bertz CT molecular complexity index is 637. The maximum Gasteiger partial charge on any atom is 0.248 e. The molecule has 0 radical (unpaired) electrons. The van der Waals surface area contributed by atoms with Crippen LogP contribution in [0.3, 0.4) is 0 Å². The third kappa shape index (κ3) is 3.07. The summed E-state index contributed by atoms with van der Waals surface area (Å²) in [6, 6.07) is 16.4. The van der Waals surface area contributed by atoms with E-state index in [1.165, 1.54) is 16.8 Å². The lowest BCUT2D eigenvalue weighted by Gasteiger charge is -2.19. The lowest BCUT2D eigenvalue weighted by molar-refractivity contribution is 0.1000. The first-order chi connectivity index (χ1) is 10.2. The Kier molecular flexibility index (Phi) is 3.91. The maximum absolute atomic E-state index is 11.2. The maximum atomic E-state index is 11.2. The highest BCUT2D eigenvalue weighted by Gasteiger charge is 2.19. The van der Waals surface area contributed by atoms with Crippen LogP contribution in [0.5, 0.6) is 0 Å². The van der Waals surface area contributed by atoms with Crippen LogP contribution in [0.1, 0.15) is 27.9 Å². The van der Waals surface area contributed by atoms with Gasteiger partial charge in [-0.15, -0.1) is 0 Å². The van der Waals surface area contributed by atoms with Gasteiger partial charge in [0.05, 0.1) is 0 Å². The number of nitrogens with zero attached hydrogens (tertiary/aromatic N) is 1. The summed E-state index contributed by atoms with van der Waals surface area (Å²) in [6.07, 6.45) is 3.24. The highest BCUT2D eigenvalue weighted by Crippen LogP contribution is 2.29. The highest BCUT2D eigenvalue weighted by atomic mass is 16.1. The predicted molar refractivity (Wildman–Crippen MR) is 85.6 cm³/mol. The molecule has 0 atom stereocenters. The van der Waals surface area contributed by atoms with E-state index >= 15 is 0 Å². The fraction of sp³-hybridized carbons (Fsp3) is 0.278. The molecule has 0 bridgehead atoms. The molecule has 0 aromatic heterocycles. The van der Waals surface area contributed by atoms with Gasteiger partial charge in [-0.3, -0.25) is 4.79 Å². The van der Waals surface area contributed by atoms with Crippen molar-refractivity contribution >= 4 is 11.6 Å². The molecule has 2 N–H and O–H groups in total. The summed E-state index contributed by atoms with van der Waals surface area (Å²) in [7, 11) is 0. The van der Waals surface area contributed by atoms with Crippen LogP contribution in [0.25, 0.3) is 0 Å². The average molecular weight is 280 g/mol. The second kappa shape index (κ2) is 6.00. The molecule has 2 aromatic carbocycles. The van der Waals surface area contributed by atoms with Gasteiger partial charge in [0, 0.05) is 24.3 Å². The molecule has 3 heteroatoms. The molecule has 0 unspecified atom stereocenters. The molecule has 21 heavy (non-hydrogen) atoms. The van der Waals surface area contributed by atoms with Crippen molar-refractivity contribution in [2.24, 2.45) is 5.73 Å². The molecule has 2 aromatic rings. The number of rotatable bonds is 5. The number of carbonyl (C=O) groups excluding carboxylic acids is 1. The number of nitrogens with two attached hydrogens (primary N) is 1. The Hall–Kier alpha value is -2.29. The number of benzene rings is 2. The number of anilines is 1. The van der Waals surface area contributed by atoms with Crippen molar-refractivity contribution in [1.29, 1.82) is 0 Å². The van der Waals surface area contributed by atoms with Crippen LogP contribution in [-0.2, 0) is 12.8 Å². The van der Waals surface area contributed by atoms with Crippen molar-refractivity contribution in [2.75, 3.05) is 18.0 Å². The van der Waals surface area contributed by atoms with Crippen LogP contribution in [0, 0.1) is 0 Å². The van der Waals surface area contributed by atoms with E-state index in [4.69, 9.17) is 5.73 Å². The monoisotopic (exact) mass is 280 g/mol.